The van der Waals surface area contributed by atoms with Crippen LogP contribution in [0.3, 0.4) is 0 Å². The molecule has 0 atom stereocenters. The van der Waals surface area contributed by atoms with E-state index in [4.69, 9.17) is 4.74 Å². The summed E-state index contributed by atoms with van der Waals surface area (Å²) >= 11 is 0. The fraction of sp³-hybridized carbons (Fsp3) is 0.385. The van der Waals surface area contributed by atoms with E-state index >= 15 is 0 Å². The van der Waals surface area contributed by atoms with Gasteiger partial charge in [0.05, 0.1) is 6.54 Å². The molecule has 87 valence electrons. The van der Waals surface area contributed by atoms with Crippen LogP contribution in [0.25, 0.3) is 0 Å². The average molecular weight is 220 g/mol. The van der Waals surface area contributed by atoms with Gasteiger partial charge in [-0.25, -0.2) is 4.79 Å². The van der Waals surface area contributed by atoms with Gasteiger partial charge in [-0.2, -0.15) is 0 Å². The predicted octanol–water partition coefficient (Wildman–Crippen LogP) is 3.06. The van der Waals surface area contributed by atoms with Gasteiger partial charge in [-0.3, -0.25) is 0 Å². The van der Waals surface area contributed by atoms with Crippen molar-refractivity contribution in [3.05, 3.63) is 42.4 Å². The molecule has 0 heterocycles. The van der Waals surface area contributed by atoms with Crippen LogP contribution in [0.15, 0.2) is 30.3 Å². The molecule has 1 radical (unpaired) electrons. The summed E-state index contributed by atoms with van der Waals surface area (Å²) in [6.45, 7) is 7.29. The van der Waals surface area contributed by atoms with Crippen molar-refractivity contribution in [2.45, 2.75) is 26.4 Å². The van der Waals surface area contributed by atoms with Crippen molar-refractivity contribution in [1.29, 1.82) is 0 Å². The third kappa shape index (κ3) is 4.34. The lowest BCUT2D eigenvalue weighted by atomic mass is 10.2. The van der Waals surface area contributed by atoms with E-state index in [1.54, 1.807) is 13.6 Å². The summed E-state index contributed by atoms with van der Waals surface area (Å²) in [5, 5.41) is 0. The fourth-order valence-corrected chi connectivity index (χ4v) is 1.15. The van der Waals surface area contributed by atoms with Gasteiger partial charge in [-0.1, -0.05) is 30.3 Å². The number of benzene rings is 1. The molecule has 1 rings (SSSR count). The molecular weight excluding hydrogens is 202 g/mol. The van der Waals surface area contributed by atoms with Gasteiger partial charge in [0.25, 0.3) is 0 Å². The van der Waals surface area contributed by atoms with Gasteiger partial charge < -0.3 is 9.64 Å². The van der Waals surface area contributed by atoms with Crippen LogP contribution in [0.2, 0.25) is 0 Å². The van der Waals surface area contributed by atoms with E-state index in [2.05, 4.69) is 0 Å². The van der Waals surface area contributed by atoms with Crippen molar-refractivity contribution in [2.75, 3.05) is 7.05 Å². The molecule has 0 spiro atoms. The molecule has 1 aromatic rings. The number of nitrogens with zero attached hydrogens (tertiary/aromatic N) is 1. The first-order chi connectivity index (χ1) is 7.38. The quantitative estimate of drug-likeness (QED) is 0.766. The highest BCUT2D eigenvalue weighted by molar-refractivity contribution is 5.69. The van der Waals surface area contributed by atoms with Crippen molar-refractivity contribution in [3.63, 3.8) is 0 Å². The highest BCUT2D eigenvalue weighted by Crippen LogP contribution is 2.12. The van der Waals surface area contributed by atoms with Crippen molar-refractivity contribution in [1.82, 2.24) is 4.90 Å². The van der Waals surface area contributed by atoms with E-state index < -0.39 is 5.60 Å². The minimum atomic E-state index is -0.462. The lowest BCUT2D eigenvalue weighted by molar-refractivity contribution is 0.0351. The summed E-state index contributed by atoms with van der Waals surface area (Å²) in [5.41, 5.74) is 0.506. The Bertz CT molecular complexity index is 341. The molecule has 16 heavy (non-hydrogen) atoms. The Morgan fingerprint density at radius 3 is 2.31 bits per heavy atom. The third-order valence-corrected chi connectivity index (χ3v) is 1.82. The van der Waals surface area contributed by atoms with Gasteiger partial charge in [0.1, 0.15) is 5.60 Å². The van der Waals surface area contributed by atoms with E-state index in [1.165, 1.54) is 4.90 Å². The van der Waals surface area contributed by atoms with Crippen molar-refractivity contribution < 1.29 is 9.53 Å². The fourth-order valence-electron chi connectivity index (χ4n) is 1.15. The van der Waals surface area contributed by atoms with E-state index in [9.17, 15) is 4.79 Å². The first kappa shape index (κ1) is 12.6. The van der Waals surface area contributed by atoms with Crippen LogP contribution >= 0.6 is 0 Å². The molecule has 0 aliphatic carbocycles. The summed E-state index contributed by atoms with van der Waals surface area (Å²) < 4.78 is 5.23. The Morgan fingerprint density at radius 1 is 1.25 bits per heavy atom. The summed E-state index contributed by atoms with van der Waals surface area (Å²) in [5.74, 6) is 0. The molecule has 0 saturated heterocycles. The molecule has 1 amide bonds. The summed E-state index contributed by atoms with van der Waals surface area (Å²) in [6, 6.07) is 9.65. The molecule has 3 nitrogen and oxygen atoms in total. The topological polar surface area (TPSA) is 29.5 Å². The second kappa shape index (κ2) is 5.01. The Balaban J connectivity index is 2.53. The molecule has 3 heteroatoms. The van der Waals surface area contributed by atoms with Crippen LogP contribution in [0.5, 0.6) is 0 Å². The minimum Gasteiger partial charge on any atom is -0.444 e. The first-order valence-electron chi connectivity index (χ1n) is 5.24. The summed E-state index contributed by atoms with van der Waals surface area (Å²) in [4.78, 5) is 13.1. The van der Waals surface area contributed by atoms with Crippen LogP contribution < -0.4 is 0 Å². The molecule has 1 aromatic carbocycles. The molecule has 0 saturated carbocycles. The van der Waals surface area contributed by atoms with Crippen LogP contribution in [0.1, 0.15) is 26.3 Å². The van der Waals surface area contributed by atoms with Crippen LogP contribution in [-0.2, 0) is 4.74 Å². The maximum absolute atomic E-state index is 11.6. The van der Waals surface area contributed by atoms with E-state index in [0.29, 0.717) is 0 Å². The van der Waals surface area contributed by atoms with Gasteiger partial charge in [0.15, 0.2) is 0 Å². The second-order valence-corrected chi connectivity index (χ2v) is 4.63. The zero-order valence-electron chi connectivity index (χ0n) is 10.2. The summed E-state index contributed by atoms with van der Waals surface area (Å²) in [7, 11) is 1.68. The molecule has 0 aromatic heterocycles. The smallest absolute Gasteiger partial charge is 0.410 e. The van der Waals surface area contributed by atoms with Crippen molar-refractivity contribution in [3.8, 4) is 0 Å². The maximum Gasteiger partial charge on any atom is 0.410 e. The highest BCUT2D eigenvalue weighted by Gasteiger charge is 2.19. The molecule has 0 N–H and O–H groups in total. The van der Waals surface area contributed by atoms with E-state index in [-0.39, 0.29) is 6.09 Å². The van der Waals surface area contributed by atoms with Gasteiger partial charge >= 0.3 is 6.09 Å². The largest absolute Gasteiger partial charge is 0.444 e. The second-order valence-electron chi connectivity index (χ2n) is 4.63. The molecular formula is C13H18NO2. The highest BCUT2D eigenvalue weighted by atomic mass is 16.6. The van der Waals surface area contributed by atoms with E-state index in [1.807, 2.05) is 51.1 Å². The Morgan fingerprint density at radius 2 is 1.81 bits per heavy atom. The Labute approximate surface area is 97.0 Å². The van der Waals surface area contributed by atoms with Crippen LogP contribution in [-0.4, -0.2) is 23.6 Å². The van der Waals surface area contributed by atoms with Crippen LogP contribution in [0, 0.1) is 6.54 Å². The van der Waals surface area contributed by atoms with Gasteiger partial charge in [0, 0.05) is 7.05 Å². The van der Waals surface area contributed by atoms with E-state index in [0.717, 1.165) is 5.56 Å². The lowest BCUT2D eigenvalue weighted by Crippen LogP contribution is -2.32. The number of amides is 1. The third-order valence-electron chi connectivity index (χ3n) is 1.82. The molecule has 0 bridgehead atoms. The standard InChI is InChI=1S/C13H18NO2/c1-13(2,3)16-12(15)14(4)10-11-8-6-5-7-9-11/h5-10H,1-4H3. The molecule has 0 fully saturated rings. The maximum atomic E-state index is 11.6. The number of carbonyl (C=O) groups excluding carboxylic acids is 1. The zero-order valence-corrected chi connectivity index (χ0v) is 10.2. The minimum absolute atomic E-state index is 0.351. The molecule has 0 unspecified atom stereocenters. The predicted molar refractivity (Wildman–Crippen MR) is 63.8 cm³/mol. The average Bonchev–Trinajstić information content (AvgIpc) is 2.16. The first-order valence-corrected chi connectivity index (χ1v) is 5.24. The number of rotatable bonds is 2. The Hall–Kier alpha value is -1.51. The van der Waals surface area contributed by atoms with Crippen LogP contribution in [0.4, 0.5) is 4.79 Å². The summed E-state index contributed by atoms with van der Waals surface area (Å²) in [6.07, 6.45) is -0.351. The van der Waals surface area contributed by atoms with Gasteiger partial charge in [-0.15, -0.1) is 0 Å². The van der Waals surface area contributed by atoms with Crippen molar-refractivity contribution in [2.24, 2.45) is 0 Å². The van der Waals surface area contributed by atoms with Crippen molar-refractivity contribution >= 4 is 6.09 Å². The number of ether oxygens (including phenoxy) is 1. The Kier molecular flexibility index (Phi) is 3.93. The number of hydrogen-bond acceptors (Lipinski definition) is 2. The zero-order chi connectivity index (χ0) is 12.2. The lowest BCUT2D eigenvalue weighted by Gasteiger charge is -2.24. The normalized spacial score (nSPS) is 11.0. The molecule has 0 aliphatic heterocycles. The van der Waals surface area contributed by atoms with Gasteiger partial charge in [-0.05, 0) is 26.3 Å². The number of carbonyl (C=O) groups is 1. The number of hydrogen-bond donors (Lipinski definition) is 0. The molecule has 0 aliphatic rings. The SMILES string of the molecule is CN([CH]c1ccccc1)C(=O)OC(C)(C)C. The van der Waals surface area contributed by atoms with Gasteiger partial charge in [0.2, 0.25) is 0 Å². The monoisotopic (exact) mass is 220 g/mol.